The van der Waals surface area contributed by atoms with E-state index in [0.29, 0.717) is 18.9 Å². The Bertz CT molecular complexity index is 611. The largest absolute Gasteiger partial charge is 0.379 e. The molecule has 110 valence electrons. The molecule has 0 saturated carbocycles. The number of rotatable bonds is 4. The van der Waals surface area contributed by atoms with Crippen molar-refractivity contribution >= 4 is 5.91 Å². The third-order valence-corrected chi connectivity index (χ3v) is 3.82. The number of hydrogen-bond donors (Lipinski definition) is 1. The summed E-state index contributed by atoms with van der Waals surface area (Å²) in [5.41, 5.74) is 1.77. The predicted molar refractivity (Wildman–Crippen MR) is 76.7 cm³/mol. The van der Waals surface area contributed by atoms with Crippen LogP contribution in [0, 0.1) is 5.92 Å². The molecule has 6 nitrogen and oxygen atoms in total. The summed E-state index contributed by atoms with van der Waals surface area (Å²) in [5, 5.41) is 7.07. The SMILES string of the molecule is Cn1nccc1C(=O)N[C@@H]1COC[C@H]1Cc1ccncc1. The topological polar surface area (TPSA) is 69.0 Å². The lowest BCUT2D eigenvalue weighted by molar-refractivity contribution is 0.0915. The summed E-state index contributed by atoms with van der Waals surface area (Å²) in [6.07, 6.45) is 6.07. The molecule has 1 amide bonds. The molecule has 21 heavy (non-hydrogen) atoms. The van der Waals surface area contributed by atoms with Gasteiger partial charge < -0.3 is 10.1 Å². The Morgan fingerprint density at radius 3 is 2.86 bits per heavy atom. The first-order chi connectivity index (χ1) is 10.2. The summed E-state index contributed by atoms with van der Waals surface area (Å²) in [6, 6.07) is 5.74. The lowest BCUT2D eigenvalue weighted by Gasteiger charge is -2.19. The van der Waals surface area contributed by atoms with E-state index in [4.69, 9.17) is 4.74 Å². The number of ether oxygens (including phenoxy) is 1. The quantitative estimate of drug-likeness (QED) is 0.902. The highest BCUT2D eigenvalue weighted by molar-refractivity contribution is 5.92. The molecule has 1 N–H and O–H groups in total. The minimum absolute atomic E-state index is 0.0283. The average molecular weight is 286 g/mol. The Morgan fingerprint density at radius 2 is 2.14 bits per heavy atom. The number of nitrogens with one attached hydrogen (secondary N) is 1. The highest BCUT2D eigenvalue weighted by Crippen LogP contribution is 2.19. The van der Waals surface area contributed by atoms with Gasteiger partial charge in [0, 0.05) is 31.6 Å². The normalized spacial score (nSPS) is 21.4. The van der Waals surface area contributed by atoms with Crippen LogP contribution < -0.4 is 5.32 Å². The Morgan fingerprint density at radius 1 is 1.33 bits per heavy atom. The summed E-state index contributed by atoms with van der Waals surface area (Å²) in [4.78, 5) is 16.3. The minimum atomic E-state index is -0.106. The number of nitrogens with zero attached hydrogens (tertiary/aromatic N) is 3. The molecular weight excluding hydrogens is 268 g/mol. The van der Waals surface area contributed by atoms with E-state index in [0.717, 1.165) is 6.42 Å². The molecule has 1 aliphatic rings. The number of hydrogen-bond acceptors (Lipinski definition) is 4. The number of carbonyl (C=O) groups is 1. The zero-order valence-electron chi connectivity index (χ0n) is 11.9. The van der Waals surface area contributed by atoms with Crippen molar-refractivity contribution in [3.05, 3.63) is 48.0 Å². The fraction of sp³-hybridized carbons (Fsp3) is 0.400. The zero-order valence-corrected chi connectivity index (χ0v) is 11.9. The Kier molecular flexibility index (Phi) is 3.96. The van der Waals surface area contributed by atoms with Gasteiger partial charge in [0.25, 0.3) is 5.91 Å². The van der Waals surface area contributed by atoms with Gasteiger partial charge in [0.05, 0.1) is 19.3 Å². The summed E-state index contributed by atoms with van der Waals surface area (Å²) < 4.78 is 7.11. The molecule has 0 bridgehead atoms. The Balaban J connectivity index is 1.64. The molecule has 6 heteroatoms. The fourth-order valence-electron chi connectivity index (χ4n) is 2.62. The van der Waals surface area contributed by atoms with Gasteiger partial charge in [-0.05, 0) is 30.2 Å². The van der Waals surface area contributed by atoms with Crippen molar-refractivity contribution in [1.82, 2.24) is 20.1 Å². The van der Waals surface area contributed by atoms with Gasteiger partial charge in [0.2, 0.25) is 0 Å². The summed E-state index contributed by atoms with van der Waals surface area (Å²) in [5.74, 6) is 0.176. The van der Waals surface area contributed by atoms with Crippen LogP contribution in [-0.4, -0.2) is 39.9 Å². The predicted octanol–water partition coefficient (Wildman–Crippen LogP) is 0.803. The second-order valence-corrected chi connectivity index (χ2v) is 5.28. The Hall–Kier alpha value is -2.21. The number of carbonyl (C=O) groups excluding carboxylic acids is 1. The molecule has 0 spiro atoms. The monoisotopic (exact) mass is 286 g/mol. The van der Waals surface area contributed by atoms with Crippen molar-refractivity contribution in [3.63, 3.8) is 0 Å². The van der Waals surface area contributed by atoms with E-state index in [-0.39, 0.29) is 17.9 Å². The summed E-state index contributed by atoms with van der Waals surface area (Å²) in [6.45, 7) is 1.22. The second kappa shape index (κ2) is 6.05. The molecule has 1 fully saturated rings. The van der Waals surface area contributed by atoms with Crippen molar-refractivity contribution in [2.24, 2.45) is 13.0 Å². The van der Waals surface area contributed by atoms with Crippen LogP contribution in [0.2, 0.25) is 0 Å². The molecule has 0 radical (unpaired) electrons. The molecular formula is C15H18N4O2. The highest BCUT2D eigenvalue weighted by Gasteiger charge is 2.30. The number of amides is 1. The van der Waals surface area contributed by atoms with E-state index in [2.05, 4.69) is 15.4 Å². The van der Waals surface area contributed by atoms with Gasteiger partial charge in [-0.2, -0.15) is 5.10 Å². The van der Waals surface area contributed by atoms with E-state index in [1.807, 2.05) is 12.1 Å². The molecule has 3 rings (SSSR count). The van der Waals surface area contributed by atoms with Crippen molar-refractivity contribution in [2.75, 3.05) is 13.2 Å². The van der Waals surface area contributed by atoms with Crippen molar-refractivity contribution in [2.45, 2.75) is 12.5 Å². The van der Waals surface area contributed by atoms with Crippen molar-refractivity contribution < 1.29 is 9.53 Å². The van der Waals surface area contributed by atoms with Gasteiger partial charge in [-0.15, -0.1) is 0 Å². The van der Waals surface area contributed by atoms with Crippen LogP contribution in [0.25, 0.3) is 0 Å². The van der Waals surface area contributed by atoms with Crippen LogP contribution in [0.1, 0.15) is 16.1 Å². The molecule has 0 unspecified atom stereocenters. The summed E-state index contributed by atoms with van der Waals surface area (Å²) >= 11 is 0. The van der Waals surface area contributed by atoms with Gasteiger partial charge >= 0.3 is 0 Å². The third-order valence-electron chi connectivity index (χ3n) is 3.82. The minimum Gasteiger partial charge on any atom is -0.379 e. The molecule has 2 aromatic heterocycles. The number of pyridine rings is 1. The van der Waals surface area contributed by atoms with Crippen LogP contribution >= 0.6 is 0 Å². The van der Waals surface area contributed by atoms with Crippen LogP contribution in [0.5, 0.6) is 0 Å². The number of aryl methyl sites for hydroxylation is 1. The maximum Gasteiger partial charge on any atom is 0.269 e. The Labute approximate surface area is 123 Å². The fourth-order valence-corrected chi connectivity index (χ4v) is 2.62. The zero-order chi connectivity index (χ0) is 14.7. The van der Waals surface area contributed by atoms with E-state index in [1.165, 1.54) is 5.56 Å². The molecule has 1 aliphatic heterocycles. The summed E-state index contributed by atoms with van der Waals surface area (Å²) in [7, 11) is 1.76. The third kappa shape index (κ3) is 3.11. The van der Waals surface area contributed by atoms with E-state index in [9.17, 15) is 4.79 Å². The van der Waals surface area contributed by atoms with Crippen molar-refractivity contribution in [3.8, 4) is 0 Å². The standard InChI is InChI=1S/C15H18N4O2/c1-19-14(4-7-17-19)15(20)18-13-10-21-9-12(13)8-11-2-5-16-6-3-11/h2-7,12-13H,8-10H2,1H3,(H,18,20)/t12-,13-/m1/s1. The van der Waals surface area contributed by atoms with Crippen LogP contribution in [-0.2, 0) is 18.2 Å². The van der Waals surface area contributed by atoms with Gasteiger partial charge in [-0.25, -0.2) is 0 Å². The van der Waals surface area contributed by atoms with E-state index < -0.39 is 0 Å². The first-order valence-corrected chi connectivity index (χ1v) is 6.99. The molecule has 3 heterocycles. The second-order valence-electron chi connectivity index (χ2n) is 5.28. The molecule has 1 saturated heterocycles. The maximum atomic E-state index is 12.2. The van der Waals surface area contributed by atoms with Crippen LogP contribution in [0.4, 0.5) is 0 Å². The average Bonchev–Trinajstić information content (AvgIpc) is 3.10. The van der Waals surface area contributed by atoms with Gasteiger partial charge in [0.15, 0.2) is 0 Å². The molecule has 0 aliphatic carbocycles. The van der Waals surface area contributed by atoms with Crippen molar-refractivity contribution in [1.29, 1.82) is 0 Å². The highest BCUT2D eigenvalue weighted by atomic mass is 16.5. The maximum absolute atomic E-state index is 12.2. The van der Waals surface area contributed by atoms with Crippen LogP contribution in [0.15, 0.2) is 36.8 Å². The molecule has 2 atom stereocenters. The first kappa shape index (κ1) is 13.8. The molecule has 0 aromatic carbocycles. The van der Waals surface area contributed by atoms with E-state index in [1.54, 1.807) is 36.4 Å². The van der Waals surface area contributed by atoms with Crippen LogP contribution in [0.3, 0.4) is 0 Å². The molecule has 2 aromatic rings. The van der Waals surface area contributed by atoms with E-state index >= 15 is 0 Å². The van der Waals surface area contributed by atoms with Gasteiger partial charge in [-0.1, -0.05) is 0 Å². The number of aromatic nitrogens is 3. The lowest BCUT2D eigenvalue weighted by Crippen LogP contribution is -2.41. The smallest absolute Gasteiger partial charge is 0.269 e. The van der Waals surface area contributed by atoms with Gasteiger partial charge in [-0.3, -0.25) is 14.5 Å². The van der Waals surface area contributed by atoms with Gasteiger partial charge in [0.1, 0.15) is 5.69 Å². The lowest BCUT2D eigenvalue weighted by atomic mass is 9.95. The first-order valence-electron chi connectivity index (χ1n) is 6.99.